The molecule has 0 aromatic heterocycles. The number of anilines is 2. The number of benzene rings is 3. The van der Waals surface area contributed by atoms with Crippen LogP contribution in [0.15, 0.2) is 78.9 Å². The Labute approximate surface area is 277 Å². The molecule has 0 aliphatic carbocycles. The first-order valence-electron chi connectivity index (χ1n) is 16.6. The Balaban J connectivity index is 1.28. The molecule has 10 heteroatoms. The van der Waals surface area contributed by atoms with E-state index in [0.29, 0.717) is 25.1 Å². The minimum absolute atomic E-state index is 0.0872. The Morgan fingerprint density at radius 2 is 1.70 bits per heavy atom. The van der Waals surface area contributed by atoms with Crippen LogP contribution in [0.3, 0.4) is 0 Å². The van der Waals surface area contributed by atoms with Gasteiger partial charge < -0.3 is 28.7 Å². The molecule has 0 radical (unpaired) electrons. The van der Waals surface area contributed by atoms with Gasteiger partial charge >= 0.3 is 0 Å². The number of hydrogen-bond acceptors (Lipinski definition) is 5. The molecule has 2 saturated heterocycles. The fourth-order valence-corrected chi connectivity index (χ4v) is 10.4. The number of hydrogen-bond donors (Lipinski definition) is 1. The first-order chi connectivity index (χ1) is 22.5. The Hall–Kier alpha value is -3.86. The summed E-state index contributed by atoms with van der Waals surface area (Å²) >= 11 is 0. The normalized spacial score (nSPS) is 24.2. The van der Waals surface area contributed by atoms with Crippen molar-refractivity contribution in [2.45, 2.75) is 76.0 Å². The summed E-state index contributed by atoms with van der Waals surface area (Å²) in [5.74, 6) is -0.888. The summed E-state index contributed by atoms with van der Waals surface area (Å²) in [5, 5.41) is 9.76. The molecule has 0 saturated carbocycles. The van der Waals surface area contributed by atoms with Gasteiger partial charge in [0.1, 0.15) is 0 Å². The summed E-state index contributed by atoms with van der Waals surface area (Å²) in [5.41, 5.74) is 2.05. The summed E-state index contributed by atoms with van der Waals surface area (Å²) < 4.78 is 23.1. The van der Waals surface area contributed by atoms with Crippen molar-refractivity contribution in [1.29, 1.82) is 0 Å². The largest absolute Gasteiger partial charge is 0.395 e. The summed E-state index contributed by atoms with van der Waals surface area (Å²) in [4.78, 5) is 46.0. The zero-order valence-electron chi connectivity index (χ0n) is 27.4. The third-order valence-electron chi connectivity index (χ3n) is 10.1. The van der Waals surface area contributed by atoms with E-state index in [2.05, 4.69) is 0 Å². The van der Waals surface area contributed by atoms with Crippen molar-refractivity contribution in [1.82, 2.24) is 4.90 Å². The van der Waals surface area contributed by atoms with Crippen LogP contribution in [0, 0.1) is 5.92 Å². The molecule has 8 nitrogen and oxygen atoms in total. The van der Waals surface area contributed by atoms with Crippen LogP contribution in [-0.4, -0.2) is 61.9 Å². The number of ether oxygens (including phenoxy) is 1. The number of aliphatic hydroxyl groups is 1. The molecule has 3 aromatic rings. The van der Waals surface area contributed by atoms with Crippen molar-refractivity contribution < 1.29 is 28.3 Å². The number of rotatable bonds is 10. The number of nitrogens with zero attached hydrogens (tertiary/aromatic N) is 3. The molecule has 0 unspecified atom stereocenters. The maximum atomic E-state index is 16.3. The van der Waals surface area contributed by atoms with Crippen molar-refractivity contribution in [2.75, 3.05) is 29.5 Å². The van der Waals surface area contributed by atoms with Crippen LogP contribution < -0.4 is 9.80 Å². The van der Waals surface area contributed by atoms with Gasteiger partial charge in [-0.25, -0.2) is 0 Å². The average molecular weight is 658 g/mol. The summed E-state index contributed by atoms with van der Waals surface area (Å²) in [6.45, 7) is 6.39. The minimum atomic E-state index is -3.46. The van der Waals surface area contributed by atoms with E-state index in [1.54, 1.807) is 22.9 Å². The topological polar surface area (TPSA) is 90.4 Å². The van der Waals surface area contributed by atoms with Crippen LogP contribution in [0.5, 0.6) is 0 Å². The second-order valence-corrected chi connectivity index (χ2v) is 17.4. The van der Waals surface area contributed by atoms with Crippen LogP contribution in [0.1, 0.15) is 49.3 Å². The molecule has 1 N–H and O–H groups in total. The average Bonchev–Trinajstić information content (AvgIpc) is 3.48. The lowest BCUT2D eigenvalue weighted by molar-refractivity contribution is -0.150. The fourth-order valence-electron chi connectivity index (χ4n) is 7.92. The third-order valence-corrected chi connectivity index (χ3v) is 12.6. The van der Waals surface area contributed by atoms with Crippen molar-refractivity contribution >= 4 is 37.5 Å². The SMILES string of the molecule is C[C@H]1[C@H]([Si](C)(C)F)[C@@H](CC(=O)N(CCO)Cc2ccccc2)O[C@]12C(=O)N(Cc1ccc(N3CCCCC3=O)cc1)c1ccccc12. The highest BCUT2D eigenvalue weighted by atomic mass is 28.4. The van der Waals surface area contributed by atoms with Gasteiger partial charge in [0.05, 0.1) is 31.4 Å². The van der Waals surface area contributed by atoms with Gasteiger partial charge in [-0.2, -0.15) is 0 Å². The van der Waals surface area contributed by atoms with Gasteiger partial charge in [0.25, 0.3) is 5.91 Å². The van der Waals surface area contributed by atoms with E-state index in [4.69, 9.17) is 4.74 Å². The van der Waals surface area contributed by atoms with Gasteiger partial charge in [-0.15, -0.1) is 0 Å². The summed E-state index contributed by atoms with van der Waals surface area (Å²) in [6, 6.07) is 24.8. The maximum absolute atomic E-state index is 16.3. The zero-order chi connectivity index (χ0) is 33.3. The number of amides is 3. The lowest BCUT2D eigenvalue weighted by atomic mass is 9.82. The Kier molecular flexibility index (Phi) is 9.38. The molecule has 4 atom stereocenters. The van der Waals surface area contributed by atoms with Gasteiger partial charge in [0, 0.05) is 48.8 Å². The van der Waals surface area contributed by atoms with E-state index in [-0.39, 0.29) is 43.8 Å². The molecule has 3 amide bonds. The van der Waals surface area contributed by atoms with E-state index in [1.165, 1.54) is 0 Å². The number of fused-ring (bicyclic) bond motifs is 2. The molecular formula is C37H44FN3O5Si. The quantitative estimate of drug-likeness (QED) is 0.216. The number of carbonyl (C=O) groups excluding carboxylic acids is 3. The predicted octanol–water partition coefficient (Wildman–Crippen LogP) is 5.94. The molecule has 3 heterocycles. The van der Waals surface area contributed by atoms with E-state index in [1.807, 2.05) is 90.7 Å². The fraction of sp³-hybridized carbons (Fsp3) is 0.432. The second kappa shape index (κ2) is 13.3. The van der Waals surface area contributed by atoms with Gasteiger partial charge in [-0.1, -0.05) is 67.6 Å². The van der Waals surface area contributed by atoms with Crippen LogP contribution >= 0.6 is 0 Å². The Morgan fingerprint density at radius 1 is 1.00 bits per heavy atom. The monoisotopic (exact) mass is 657 g/mol. The van der Waals surface area contributed by atoms with E-state index in [9.17, 15) is 19.5 Å². The highest BCUT2D eigenvalue weighted by molar-refractivity contribution is 6.72. The van der Waals surface area contributed by atoms with Crippen LogP contribution in [0.2, 0.25) is 18.6 Å². The molecule has 1 spiro atoms. The third kappa shape index (κ3) is 6.26. The van der Waals surface area contributed by atoms with Crippen molar-refractivity contribution in [3.63, 3.8) is 0 Å². The van der Waals surface area contributed by atoms with Gasteiger partial charge in [0.15, 0.2) is 5.60 Å². The Morgan fingerprint density at radius 3 is 2.38 bits per heavy atom. The molecule has 6 rings (SSSR count). The first-order valence-corrected chi connectivity index (χ1v) is 19.6. The van der Waals surface area contributed by atoms with Gasteiger partial charge in [-0.05, 0) is 55.3 Å². The zero-order valence-corrected chi connectivity index (χ0v) is 28.4. The summed E-state index contributed by atoms with van der Waals surface area (Å²) in [7, 11) is -3.46. The van der Waals surface area contributed by atoms with Crippen molar-refractivity contribution in [3.05, 3.63) is 95.6 Å². The van der Waals surface area contributed by atoms with Crippen LogP contribution in [0.25, 0.3) is 0 Å². The molecule has 3 aliphatic heterocycles. The van der Waals surface area contributed by atoms with Crippen LogP contribution in [-0.2, 0) is 37.8 Å². The van der Waals surface area contributed by atoms with E-state index in [0.717, 1.165) is 35.3 Å². The molecule has 2 fully saturated rings. The molecule has 3 aromatic carbocycles. The summed E-state index contributed by atoms with van der Waals surface area (Å²) in [6.07, 6.45) is 1.55. The number of piperidine rings is 1. The number of carbonyl (C=O) groups is 3. The standard InChI is InChI=1S/C37H44FN3O5Si/c1-26-35(47(2,3)38)32(23-34(44)39(21-22-42)24-27-11-5-4-6-12-27)46-37(26)30-13-7-8-14-31(30)41(36(37)45)25-28-16-18-29(19-17-28)40-20-10-9-15-33(40)43/h4-8,11-14,16-19,26,32,35,42H,9-10,15,20-25H2,1-3H3/t26-,32+,35-,37+/m0/s1. The minimum Gasteiger partial charge on any atom is -0.395 e. The van der Waals surface area contributed by atoms with Gasteiger partial charge in [0.2, 0.25) is 20.2 Å². The number of halogens is 1. The predicted molar refractivity (Wildman–Crippen MR) is 182 cm³/mol. The highest BCUT2D eigenvalue weighted by Gasteiger charge is 2.67. The van der Waals surface area contributed by atoms with E-state index >= 15 is 4.11 Å². The molecular weight excluding hydrogens is 614 g/mol. The van der Waals surface area contributed by atoms with Crippen molar-refractivity contribution in [3.8, 4) is 0 Å². The van der Waals surface area contributed by atoms with Crippen LogP contribution in [0.4, 0.5) is 15.5 Å². The molecule has 248 valence electrons. The van der Waals surface area contributed by atoms with Crippen molar-refractivity contribution in [2.24, 2.45) is 5.92 Å². The lowest BCUT2D eigenvalue weighted by Gasteiger charge is -2.31. The smallest absolute Gasteiger partial charge is 0.264 e. The maximum Gasteiger partial charge on any atom is 0.264 e. The number of aliphatic hydroxyl groups excluding tert-OH is 1. The number of para-hydroxylation sites is 1. The van der Waals surface area contributed by atoms with E-state index < -0.39 is 31.6 Å². The Bertz CT molecular complexity index is 1610. The van der Waals surface area contributed by atoms with Gasteiger partial charge in [-0.3, -0.25) is 14.4 Å². The molecule has 47 heavy (non-hydrogen) atoms. The molecule has 3 aliphatic rings. The molecule has 0 bridgehead atoms. The first kappa shape index (κ1) is 33.1. The highest BCUT2D eigenvalue weighted by Crippen LogP contribution is 2.60. The second-order valence-electron chi connectivity index (χ2n) is 13.6. The lowest BCUT2D eigenvalue weighted by Crippen LogP contribution is -2.45.